The van der Waals surface area contributed by atoms with Crippen molar-refractivity contribution < 1.29 is 14.3 Å². The fourth-order valence-electron chi connectivity index (χ4n) is 1.87. The Morgan fingerprint density at radius 2 is 1.71 bits per heavy atom. The minimum absolute atomic E-state index is 0.137. The number of esters is 1. The van der Waals surface area contributed by atoms with Gasteiger partial charge in [0, 0.05) is 19.6 Å². The third-order valence-electron chi connectivity index (χ3n) is 2.93. The molecule has 0 aliphatic heterocycles. The van der Waals surface area contributed by atoms with Gasteiger partial charge in [-0.25, -0.2) is 0 Å². The van der Waals surface area contributed by atoms with Crippen LogP contribution in [-0.2, 0) is 14.3 Å². The van der Waals surface area contributed by atoms with Crippen molar-refractivity contribution in [2.24, 2.45) is 5.92 Å². The summed E-state index contributed by atoms with van der Waals surface area (Å²) in [7, 11) is 3.07. The fraction of sp³-hybridized carbons (Fsp3) is 0.714. The van der Waals surface area contributed by atoms with Gasteiger partial charge in [0.15, 0.2) is 0 Å². The Labute approximate surface area is 125 Å². The summed E-state index contributed by atoms with van der Waals surface area (Å²) in [6.07, 6.45) is 0.471. The predicted molar refractivity (Wildman–Crippen MR) is 75.7 cm³/mol. The molecule has 7 heteroatoms. The van der Waals surface area contributed by atoms with Gasteiger partial charge in [-0.1, -0.05) is 6.92 Å². The zero-order valence-corrected chi connectivity index (χ0v) is 12.8. The van der Waals surface area contributed by atoms with Crippen molar-refractivity contribution in [1.29, 1.82) is 10.5 Å². The van der Waals surface area contributed by atoms with Gasteiger partial charge in [-0.15, -0.1) is 0 Å². The highest BCUT2D eigenvalue weighted by Gasteiger charge is 2.19. The lowest BCUT2D eigenvalue weighted by molar-refractivity contribution is -0.146. The van der Waals surface area contributed by atoms with Crippen molar-refractivity contribution in [2.45, 2.75) is 19.8 Å². The zero-order chi connectivity index (χ0) is 16.3. The molecular weight excluding hydrogens is 272 g/mol. The predicted octanol–water partition coefficient (Wildman–Crippen LogP) is 0.383. The van der Waals surface area contributed by atoms with Crippen LogP contribution in [0, 0.1) is 28.6 Å². The molecule has 0 N–H and O–H groups in total. The minimum Gasteiger partial charge on any atom is -0.469 e. The lowest BCUT2D eigenvalue weighted by atomic mass is 10.2. The molecule has 0 bridgehead atoms. The van der Waals surface area contributed by atoms with E-state index in [1.54, 1.807) is 18.9 Å². The summed E-state index contributed by atoms with van der Waals surface area (Å²) in [4.78, 5) is 26.7. The molecule has 0 aliphatic rings. The highest BCUT2D eigenvalue weighted by molar-refractivity contribution is 5.78. The topological polar surface area (TPSA) is 97.4 Å². The summed E-state index contributed by atoms with van der Waals surface area (Å²) >= 11 is 0. The van der Waals surface area contributed by atoms with E-state index in [4.69, 9.17) is 10.5 Å². The molecular formula is C14H22N4O3. The van der Waals surface area contributed by atoms with Crippen LogP contribution in [0.1, 0.15) is 19.8 Å². The summed E-state index contributed by atoms with van der Waals surface area (Å²) < 4.78 is 4.64. The number of carbonyl (C=O) groups is 2. The standard InChI is InChI=1S/C14H22N4O3/c1-12(14(20)21-3)10-17(2)11-13(19)18(8-4-6-15)9-5-7-16/h12H,4-5,8-11H2,1-3H3. The molecule has 21 heavy (non-hydrogen) atoms. The van der Waals surface area contributed by atoms with Gasteiger partial charge in [0.1, 0.15) is 0 Å². The molecule has 1 unspecified atom stereocenters. The molecule has 0 fully saturated rings. The first-order chi connectivity index (χ1) is 9.96. The van der Waals surface area contributed by atoms with Crippen molar-refractivity contribution in [3.8, 4) is 12.1 Å². The number of nitriles is 2. The Kier molecular flexibility index (Phi) is 9.57. The minimum atomic E-state index is -0.320. The third-order valence-corrected chi connectivity index (χ3v) is 2.93. The second kappa shape index (κ2) is 10.6. The summed E-state index contributed by atoms with van der Waals surface area (Å²) in [6.45, 7) is 2.91. The van der Waals surface area contributed by atoms with E-state index in [-0.39, 0.29) is 37.2 Å². The SMILES string of the molecule is COC(=O)C(C)CN(C)CC(=O)N(CCC#N)CCC#N. The monoisotopic (exact) mass is 294 g/mol. The molecule has 0 aliphatic carbocycles. The Hall–Kier alpha value is -2.12. The van der Waals surface area contributed by atoms with E-state index < -0.39 is 0 Å². The van der Waals surface area contributed by atoms with Crippen LogP contribution in [-0.4, -0.2) is 62.0 Å². The van der Waals surface area contributed by atoms with E-state index in [2.05, 4.69) is 4.74 Å². The quantitative estimate of drug-likeness (QED) is 0.570. The molecule has 0 saturated heterocycles. The second-order valence-corrected chi connectivity index (χ2v) is 4.82. The van der Waals surface area contributed by atoms with Crippen molar-refractivity contribution in [3.05, 3.63) is 0 Å². The number of amides is 1. The van der Waals surface area contributed by atoms with Crippen molar-refractivity contribution in [3.63, 3.8) is 0 Å². The van der Waals surface area contributed by atoms with E-state index in [0.717, 1.165) is 0 Å². The van der Waals surface area contributed by atoms with E-state index in [0.29, 0.717) is 19.6 Å². The van der Waals surface area contributed by atoms with Crippen LogP contribution in [0.5, 0.6) is 0 Å². The summed E-state index contributed by atoms with van der Waals surface area (Å²) in [6, 6.07) is 3.97. The van der Waals surface area contributed by atoms with Gasteiger partial charge in [0.2, 0.25) is 5.91 Å². The number of hydrogen-bond donors (Lipinski definition) is 0. The summed E-state index contributed by atoms with van der Waals surface area (Å²) in [5.41, 5.74) is 0. The van der Waals surface area contributed by atoms with Crippen molar-refractivity contribution in [1.82, 2.24) is 9.80 Å². The van der Waals surface area contributed by atoms with Crippen molar-refractivity contribution in [2.75, 3.05) is 40.3 Å². The molecule has 1 amide bonds. The first-order valence-corrected chi connectivity index (χ1v) is 6.74. The van der Waals surface area contributed by atoms with Gasteiger partial charge >= 0.3 is 5.97 Å². The van der Waals surface area contributed by atoms with Crippen LogP contribution < -0.4 is 0 Å². The highest BCUT2D eigenvalue weighted by atomic mass is 16.5. The van der Waals surface area contributed by atoms with Crippen LogP contribution in [0.2, 0.25) is 0 Å². The molecule has 7 nitrogen and oxygen atoms in total. The van der Waals surface area contributed by atoms with E-state index in [9.17, 15) is 9.59 Å². The second-order valence-electron chi connectivity index (χ2n) is 4.82. The van der Waals surface area contributed by atoms with Gasteiger partial charge in [0.05, 0.1) is 44.6 Å². The molecule has 0 spiro atoms. The first-order valence-electron chi connectivity index (χ1n) is 6.74. The number of hydrogen-bond acceptors (Lipinski definition) is 6. The number of ether oxygens (including phenoxy) is 1. The van der Waals surface area contributed by atoms with Gasteiger partial charge < -0.3 is 9.64 Å². The molecule has 0 rings (SSSR count). The normalized spacial score (nSPS) is 11.3. The molecule has 0 heterocycles. The molecule has 1 atom stereocenters. The Bertz CT molecular complexity index is 407. The molecule has 0 aromatic heterocycles. The summed E-state index contributed by atoms with van der Waals surface area (Å²) in [5.74, 6) is -0.792. The summed E-state index contributed by atoms with van der Waals surface area (Å²) in [5, 5.41) is 17.2. The van der Waals surface area contributed by atoms with Gasteiger partial charge in [-0.3, -0.25) is 14.5 Å². The number of methoxy groups -OCH3 is 1. The molecule has 0 aromatic carbocycles. The fourth-order valence-corrected chi connectivity index (χ4v) is 1.87. The van der Waals surface area contributed by atoms with Gasteiger partial charge in [-0.05, 0) is 7.05 Å². The van der Waals surface area contributed by atoms with E-state index in [1.165, 1.54) is 12.0 Å². The van der Waals surface area contributed by atoms with Crippen LogP contribution in [0.15, 0.2) is 0 Å². The van der Waals surface area contributed by atoms with Crippen LogP contribution in [0.25, 0.3) is 0 Å². The number of nitrogens with zero attached hydrogens (tertiary/aromatic N) is 4. The Balaban J connectivity index is 4.42. The van der Waals surface area contributed by atoms with E-state index in [1.807, 2.05) is 12.1 Å². The Morgan fingerprint density at radius 1 is 1.19 bits per heavy atom. The maximum Gasteiger partial charge on any atom is 0.309 e. The smallest absolute Gasteiger partial charge is 0.309 e. The molecule has 0 saturated carbocycles. The van der Waals surface area contributed by atoms with Crippen molar-refractivity contribution >= 4 is 11.9 Å². The third kappa shape index (κ3) is 7.91. The van der Waals surface area contributed by atoms with Gasteiger partial charge in [-0.2, -0.15) is 10.5 Å². The molecule has 116 valence electrons. The highest BCUT2D eigenvalue weighted by Crippen LogP contribution is 2.02. The molecule has 0 aromatic rings. The molecule has 0 radical (unpaired) electrons. The van der Waals surface area contributed by atoms with Crippen LogP contribution >= 0.6 is 0 Å². The largest absolute Gasteiger partial charge is 0.469 e. The average Bonchev–Trinajstić information content (AvgIpc) is 2.45. The maximum atomic E-state index is 12.1. The van der Waals surface area contributed by atoms with E-state index >= 15 is 0 Å². The average molecular weight is 294 g/mol. The zero-order valence-electron chi connectivity index (χ0n) is 12.8. The Morgan fingerprint density at radius 3 is 2.14 bits per heavy atom. The number of likely N-dealkylation sites (N-methyl/N-ethyl adjacent to an activating group) is 1. The van der Waals surface area contributed by atoms with Crippen LogP contribution in [0.4, 0.5) is 0 Å². The maximum absolute atomic E-state index is 12.1. The van der Waals surface area contributed by atoms with Crippen LogP contribution in [0.3, 0.4) is 0 Å². The number of carbonyl (C=O) groups excluding carboxylic acids is 2. The first kappa shape index (κ1) is 18.9. The lowest BCUT2D eigenvalue weighted by Gasteiger charge is -2.25. The lowest BCUT2D eigenvalue weighted by Crippen LogP contribution is -2.41. The number of rotatable bonds is 9. The van der Waals surface area contributed by atoms with Gasteiger partial charge in [0.25, 0.3) is 0 Å².